The first-order chi connectivity index (χ1) is 6.18. The van der Waals surface area contributed by atoms with Crippen molar-refractivity contribution in [3.63, 3.8) is 0 Å². The largest absolute Gasteiger partial charge is 0.119 e. The maximum Gasteiger partial charge on any atom is 0.0248 e. The van der Waals surface area contributed by atoms with E-state index in [9.17, 15) is 0 Å². The van der Waals surface area contributed by atoms with Crippen LogP contribution < -0.4 is 0 Å². The summed E-state index contributed by atoms with van der Waals surface area (Å²) in [4.78, 5) is 1.34. The zero-order valence-corrected chi connectivity index (χ0v) is 9.27. The van der Waals surface area contributed by atoms with Gasteiger partial charge in [-0.1, -0.05) is 29.8 Å². The second-order valence-corrected chi connectivity index (χ2v) is 4.83. The van der Waals surface area contributed by atoms with E-state index in [-0.39, 0.29) is 0 Å². The Balaban J connectivity index is 2.55. The molecule has 1 atom stereocenters. The van der Waals surface area contributed by atoms with Gasteiger partial charge in [-0.15, -0.1) is 11.8 Å². The van der Waals surface area contributed by atoms with Crippen LogP contribution in [0.15, 0.2) is 46.9 Å². The molecule has 1 rings (SSSR count). The molecule has 0 radical (unpaired) electrons. The lowest BCUT2D eigenvalue weighted by molar-refractivity contribution is 1.19. The minimum absolute atomic E-state index is 0.562. The highest BCUT2D eigenvalue weighted by Crippen LogP contribution is 2.23. The Labute approximate surface area is 85.1 Å². The fourth-order valence-corrected chi connectivity index (χ4v) is 2.30. The molecule has 1 aromatic rings. The van der Waals surface area contributed by atoms with Gasteiger partial charge in [-0.2, -0.15) is 0 Å². The van der Waals surface area contributed by atoms with Crippen LogP contribution >= 0.6 is 11.8 Å². The molecular formula is C12H16S. The first kappa shape index (κ1) is 10.4. The Morgan fingerprint density at radius 2 is 1.85 bits per heavy atom. The molecule has 0 saturated carbocycles. The molecule has 70 valence electrons. The Hall–Kier alpha value is -0.690. The molecule has 1 aromatic carbocycles. The molecule has 0 spiro atoms. The third-order valence-electron chi connectivity index (χ3n) is 1.63. The Morgan fingerprint density at radius 1 is 1.23 bits per heavy atom. The van der Waals surface area contributed by atoms with Crippen molar-refractivity contribution in [2.45, 2.75) is 30.9 Å². The monoisotopic (exact) mass is 192 g/mol. The molecule has 0 aliphatic heterocycles. The predicted octanol–water partition coefficient (Wildman–Crippen LogP) is 4.13. The molecule has 0 aliphatic carbocycles. The summed E-state index contributed by atoms with van der Waals surface area (Å²) in [5.41, 5.74) is 1.39. The molecule has 0 N–H and O–H groups in total. The van der Waals surface area contributed by atoms with E-state index >= 15 is 0 Å². The van der Waals surface area contributed by atoms with Crippen LogP contribution in [0.4, 0.5) is 0 Å². The predicted molar refractivity (Wildman–Crippen MR) is 61.2 cm³/mol. The Kier molecular flexibility index (Phi) is 4.10. The van der Waals surface area contributed by atoms with Crippen molar-refractivity contribution in [2.75, 3.05) is 0 Å². The first-order valence-electron chi connectivity index (χ1n) is 4.55. The van der Waals surface area contributed by atoms with Gasteiger partial charge < -0.3 is 0 Å². The summed E-state index contributed by atoms with van der Waals surface area (Å²) in [5, 5.41) is 0.562. The van der Waals surface area contributed by atoms with Gasteiger partial charge >= 0.3 is 0 Å². The van der Waals surface area contributed by atoms with Crippen molar-refractivity contribution in [2.24, 2.45) is 0 Å². The van der Waals surface area contributed by atoms with Gasteiger partial charge in [-0.25, -0.2) is 0 Å². The molecule has 0 nitrogen and oxygen atoms in total. The van der Waals surface area contributed by atoms with Crippen molar-refractivity contribution in [3.8, 4) is 0 Å². The topological polar surface area (TPSA) is 0 Å². The van der Waals surface area contributed by atoms with Crippen LogP contribution in [0.25, 0.3) is 0 Å². The zero-order chi connectivity index (χ0) is 9.68. The maximum atomic E-state index is 2.29. The van der Waals surface area contributed by atoms with Crippen LogP contribution in [0.2, 0.25) is 0 Å². The lowest BCUT2D eigenvalue weighted by atomic mass is 10.3. The van der Waals surface area contributed by atoms with E-state index in [1.165, 1.54) is 10.5 Å². The minimum atomic E-state index is 0.562. The summed E-state index contributed by atoms with van der Waals surface area (Å²) >= 11 is 1.90. The quantitative estimate of drug-likeness (QED) is 0.512. The van der Waals surface area contributed by atoms with Crippen LogP contribution in [-0.4, -0.2) is 5.25 Å². The normalized spacial score (nSPS) is 12.2. The number of allylic oxidation sites excluding steroid dienone is 1. The van der Waals surface area contributed by atoms with Gasteiger partial charge in [0.1, 0.15) is 0 Å². The maximum absolute atomic E-state index is 2.29. The van der Waals surface area contributed by atoms with E-state index in [0.29, 0.717) is 5.25 Å². The highest BCUT2D eigenvalue weighted by atomic mass is 32.2. The van der Waals surface area contributed by atoms with Crippen molar-refractivity contribution in [3.05, 3.63) is 42.0 Å². The van der Waals surface area contributed by atoms with Crippen LogP contribution in [0.3, 0.4) is 0 Å². The molecule has 0 fully saturated rings. The fraction of sp³-hybridized carbons (Fsp3) is 0.333. The molecular weight excluding hydrogens is 176 g/mol. The Bertz CT molecular complexity index is 270. The Morgan fingerprint density at radius 3 is 2.38 bits per heavy atom. The SMILES string of the molecule is CC(C)=CC(C)Sc1ccccc1. The molecule has 0 saturated heterocycles. The fourth-order valence-electron chi connectivity index (χ4n) is 1.22. The molecule has 13 heavy (non-hydrogen) atoms. The average Bonchev–Trinajstić information content (AvgIpc) is 2.04. The summed E-state index contributed by atoms with van der Waals surface area (Å²) in [7, 11) is 0. The van der Waals surface area contributed by atoms with E-state index in [4.69, 9.17) is 0 Å². The third kappa shape index (κ3) is 4.18. The van der Waals surface area contributed by atoms with Crippen molar-refractivity contribution < 1.29 is 0 Å². The summed E-state index contributed by atoms with van der Waals surface area (Å²) in [6.07, 6.45) is 2.29. The van der Waals surface area contributed by atoms with Crippen molar-refractivity contribution in [1.29, 1.82) is 0 Å². The summed E-state index contributed by atoms with van der Waals surface area (Å²) in [5.74, 6) is 0. The average molecular weight is 192 g/mol. The number of hydrogen-bond donors (Lipinski definition) is 0. The summed E-state index contributed by atoms with van der Waals surface area (Å²) in [6, 6.07) is 10.5. The standard InChI is InChI=1S/C12H16S/c1-10(2)9-11(3)13-12-7-5-4-6-8-12/h4-9,11H,1-3H3. The minimum Gasteiger partial charge on any atom is -0.119 e. The van der Waals surface area contributed by atoms with E-state index in [2.05, 4.69) is 57.2 Å². The van der Waals surface area contributed by atoms with E-state index in [1.54, 1.807) is 0 Å². The highest BCUT2D eigenvalue weighted by molar-refractivity contribution is 8.00. The van der Waals surface area contributed by atoms with E-state index in [1.807, 2.05) is 11.8 Å². The smallest absolute Gasteiger partial charge is 0.0248 e. The van der Waals surface area contributed by atoms with Crippen LogP contribution in [0, 0.1) is 0 Å². The van der Waals surface area contributed by atoms with Gasteiger partial charge in [0, 0.05) is 10.1 Å². The molecule has 1 unspecified atom stereocenters. The molecule has 0 aromatic heterocycles. The molecule has 1 heteroatoms. The zero-order valence-electron chi connectivity index (χ0n) is 8.45. The number of rotatable bonds is 3. The number of hydrogen-bond acceptors (Lipinski definition) is 1. The number of thioether (sulfide) groups is 1. The summed E-state index contributed by atoms with van der Waals surface area (Å²) < 4.78 is 0. The van der Waals surface area contributed by atoms with E-state index < -0.39 is 0 Å². The van der Waals surface area contributed by atoms with Crippen molar-refractivity contribution >= 4 is 11.8 Å². The third-order valence-corrected chi connectivity index (χ3v) is 2.69. The number of benzene rings is 1. The highest BCUT2D eigenvalue weighted by Gasteiger charge is 1.99. The van der Waals surface area contributed by atoms with Gasteiger partial charge in [-0.3, -0.25) is 0 Å². The van der Waals surface area contributed by atoms with E-state index in [0.717, 1.165) is 0 Å². The molecule has 0 heterocycles. The van der Waals surface area contributed by atoms with Gasteiger partial charge in [-0.05, 0) is 32.9 Å². The van der Waals surface area contributed by atoms with Gasteiger partial charge in [0.25, 0.3) is 0 Å². The first-order valence-corrected chi connectivity index (χ1v) is 5.43. The van der Waals surface area contributed by atoms with Gasteiger partial charge in [0.2, 0.25) is 0 Å². The molecule has 0 bridgehead atoms. The summed E-state index contributed by atoms with van der Waals surface area (Å²) in [6.45, 7) is 6.51. The van der Waals surface area contributed by atoms with Crippen LogP contribution in [0.5, 0.6) is 0 Å². The van der Waals surface area contributed by atoms with Crippen LogP contribution in [-0.2, 0) is 0 Å². The molecule has 0 amide bonds. The van der Waals surface area contributed by atoms with Crippen molar-refractivity contribution in [1.82, 2.24) is 0 Å². The van der Waals surface area contributed by atoms with Gasteiger partial charge in [0.15, 0.2) is 0 Å². The second kappa shape index (κ2) is 5.13. The van der Waals surface area contributed by atoms with Crippen LogP contribution in [0.1, 0.15) is 20.8 Å². The lowest BCUT2D eigenvalue weighted by Gasteiger charge is -2.06. The second-order valence-electron chi connectivity index (χ2n) is 3.38. The van der Waals surface area contributed by atoms with Gasteiger partial charge in [0.05, 0.1) is 0 Å². The molecule has 0 aliphatic rings. The lowest BCUT2D eigenvalue weighted by Crippen LogP contribution is -1.90.